The molecule has 2 aromatic carbocycles. The van der Waals surface area contributed by atoms with Crippen LogP contribution in [0.1, 0.15) is 5.69 Å². The van der Waals surface area contributed by atoms with Crippen LogP contribution >= 0.6 is 12.2 Å². The van der Waals surface area contributed by atoms with Crippen molar-refractivity contribution >= 4 is 45.4 Å². The van der Waals surface area contributed by atoms with Crippen molar-refractivity contribution in [1.82, 2.24) is 20.1 Å². The number of halogens is 3. The van der Waals surface area contributed by atoms with Crippen LogP contribution in [0.5, 0.6) is 0 Å². The first-order valence-electron chi connectivity index (χ1n) is 11.4. The van der Waals surface area contributed by atoms with Crippen LogP contribution in [-0.2, 0) is 6.18 Å². The number of rotatable bonds is 4. The molecular weight excluding hydrogens is 487 g/mol. The molecule has 0 bridgehead atoms. The molecule has 1 saturated heterocycles. The molecule has 7 nitrogen and oxygen atoms in total. The molecule has 186 valence electrons. The van der Waals surface area contributed by atoms with Gasteiger partial charge in [-0.3, -0.25) is 5.10 Å². The van der Waals surface area contributed by atoms with Gasteiger partial charge in [0, 0.05) is 49.4 Å². The number of thiocarbonyl (C=S) groups is 1. The lowest BCUT2D eigenvalue weighted by atomic mass is 10.0. The summed E-state index contributed by atoms with van der Waals surface area (Å²) >= 11 is 5.44. The number of fused-ring (bicyclic) bond motifs is 1. The summed E-state index contributed by atoms with van der Waals surface area (Å²) in [6.07, 6.45) is -3.13. The number of likely N-dealkylation sites (N-methyl/N-ethyl adjacent to an activating group) is 1. The van der Waals surface area contributed by atoms with Crippen LogP contribution in [0.15, 0.2) is 60.8 Å². The molecule has 5 rings (SSSR count). The van der Waals surface area contributed by atoms with Gasteiger partial charge in [0.25, 0.3) is 0 Å². The van der Waals surface area contributed by atoms with E-state index in [-0.39, 0.29) is 11.0 Å². The maximum Gasteiger partial charge on any atom is 0.435 e. The summed E-state index contributed by atoms with van der Waals surface area (Å²) in [7, 11) is 2.13. The summed E-state index contributed by atoms with van der Waals surface area (Å²) in [5, 5.41) is 12.4. The monoisotopic (exact) mass is 511 g/mol. The second kappa shape index (κ2) is 9.75. The molecule has 0 amide bonds. The Morgan fingerprint density at radius 1 is 0.917 bits per heavy atom. The van der Waals surface area contributed by atoms with Crippen molar-refractivity contribution in [2.75, 3.05) is 48.8 Å². The summed E-state index contributed by atoms with van der Waals surface area (Å²) in [5.74, 6) is 0. The van der Waals surface area contributed by atoms with Crippen molar-refractivity contribution in [2.45, 2.75) is 6.18 Å². The molecule has 4 aromatic rings. The van der Waals surface area contributed by atoms with E-state index in [0.29, 0.717) is 21.9 Å². The van der Waals surface area contributed by atoms with E-state index in [1.807, 2.05) is 12.1 Å². The molecule has 0 aliphatic carbocycles. The molecule has 3 heterocycles. The van der Waals surface area contributed by atoms with Crippen LogP contribution in [0.25, 0.3) is 22.2 Å². The predicted molar refractivity (Wildman–Crippen MR) is 140 cm³/mol. The van der Waals surface area contributed by atoms with Gasteiger partial charge in [-0.15, -0.1) is 0 Å². The van der Waals surface area contributed by atoms with Gasteiger partial charge in [-0.1, -0.05) is 12.1 Å². The second-order valence-electron chi connectivity index (χ2n) is 8.65. The average Bonchev–Trinajstić information content (AvgIpc) is 3.31. The molecule has 0 saturated carbocycles. The highest BCUT2D eigenvalue weighted by Crippen LogP contribution is 2.37. The molecule has 11 heteroatoms. The van der Waals surface area contributed by atoms with E-state index in [4.69, 9.17) is 12.2 Å². The van der Waals surface area contributed by atoms with Crippen molar-refractivity contribution in [3.05, 3.63) is 66.5 Å². The molecule has 3 N–H and O–H groups in total. The Kier molecular flexibility index (Phi) is 6.50. The minimum atomic E-state index is -4.59. The molecule has 0 radical (unpaired) electrons. The van der Waals surface area contributed by atoms with Gasteiger partial charge in [0.05, 0.1) is 5.39 Å². The summed E-state index contributed by atoms with van der Waals surface area (Å²) in [6.45, 7) is 4.10. The summed E-state index contributed by atoms with van der Waals surface area (Å²) < 4.78 is 40.3. The largest absolute Gasteiger partial charge is 0.435 e. The Balaban J connectivity index is 1.25. The third-order valence-corrected chi connectivity index (χ3v) is 6.38. The third kappa shape index (κ3) is 5.12. The van der Waals surface area contributed by atoms with Gasteiger partial charge in [-0.05, 0) is 72.9 Å². The van der Waals surface area contributed by atoms with Crippen LogP contribution < -0.4 is 15.5 Å². The van der Waals surface area contributed by atoms with Gasteiger partial charge in [0.2, 0.25) is 0 Å². The number of alkyl halides is 3. The smallest absolute Gasteiger partial charge is 0.369 e. The van der Waals surface area contributed by atoms with E-state index in [1.165, 1.54) is 11.9 Å². The van der Waals surface area contributed by atoms with Crippen molar-refractivity contribution in [1.29, 1.82) is 0 Å². The summed E-state index contributed by atoms with van der Waals surface area (Å²) in [5.41, 5.74) is 2.86. The maximum absolute atomic E-state index is 13.4. The molecule has 0 unspecified atom stereocenters. The van der Waals surface area contributed by atoms with E-state index in [1.54, 1.807) is 30.3 Å². The number of aromatic nitrogens is 3. The number of H-pyrrole nitrogens is 1. The van der Waals surface area contributed by atoms with Gasteiger partial charge in [0.15, 0.2) is 16.5 Å². The number of piperazine rings is 1. The zero-order valence-electron chi connectivity index (χ0n) is 19.4. The van der Waals surface area contributed by atoms with Crippen LogP contribution in [0, 0.1) is 0 Å². The van der Waals surface area contributed by atoms with Crippen LogP contribution in [0.4, 0.5) is 30.2 Å². The lowest BCUT2D eigenvalue weighted by Crippen LogP contribution is -2.44. The lowest BCUT2D eigenvalue weighted by Gasteiger charge is -2.34. The van der Waals surface area contributed by atoms with E-state index in [2.05, 4.69) is 54.8 Å². The Hall–Kier alpha value is -3.70. The second-order valence-corrected chi connectivity index (χ2v) is 9.05. The molecule has 2 aromatic heterocycles. The summed E-state index contributed by atoms with van der Waals surface area (Å²) in [6, 6.07) is 16.7. The first-order valence-corrected chi connectivity index (χ1v) is 11.8. The zero-order valence-corrected chi connectivity index (χ0v) is 20.2. The van der Waals surface area contributed by atoms with Gasteiger partial charge in [-0.25, -0.2) is 4.98 Å². The van der Waals surface area contributed by atoms with Gasteiger partial charge < -0.3 is 20.4 Å². The number of aromatic amines is 1. The number of hydrogen-bond acceptors (Lipinski definition) is 5. The van der Waals surface area contributed by atoms with Gasteiger partial charge >= 0.3 is 6.18 Å². The third-order valence-electron chi connectivity index (χ3n) is 6.18. The fourth-order valence-corrected chi connectivity index (χ4v) is 4.48. The molecule has 1 aliphatic heterocycles. The van der Waals surface area contributed by atoms with E-state index < -0.39 is 11.9 Å². The number of nitrogens with one attached hydrogen (secondary N) is 3. The number of nitrogens with zero attached hydrogens (tertiary/aromatic N) is 4. The van der Waals surface area contributed by atoms with Crippen LogP contribution in [0.3, 0.4) is 0 Å². The Labute approximate surface area is 211 Å². The fourth-order valence-electron chi connectivity index (χ4n) is 4.24. The number of hydrogen-bond donors (Lipinski definition) is 3. The van der Waals surface area contributed by atoms with Gasteiger partial charge in [0.1, 0.15) is 0 Å². The topological polar surface area (TPSA) is 72.1 Å². The minimum Gasteiger partial charge on any atom is -0.369 e. The normalized spacial score (nSPS) is 14.7. The Morgan fingerprint density at radius 3 is 2.14 bits per heavy atom. The van der Waals surface area contributed by atoms with Gasteiger partial charge in [-0.2, -0.15) is 18.3 Å². The van der Waals surface area contributed by atoms with Crippen LogP contribution in [-0.4, -0.2) is 58.4 Å². The van der Waals surface area contributed by atoms with Crippen molar-refractivity contribution in [2.24, 2.45) is 0 Å². The average molecular weight is 512 g/mol. The Bertz CT molecular complexity index is 1360. The maximum atomic E-state index is 13.4. The summed E-state index contributed by atoms with van der Waals surface area (Å²) in [4.78, 5) is 8.65. The highest BCUT2D eigenvalue weighted by atomic mass is 32.1. The minimum absolute atomic E-state index is 0.0529. The first-order chi connectivity index (χ1) is 17.3. The number of anilines is 3. The van der Waals surface area contributed by atoms with Crippen LogP contribution in [0.2, 0.25) is 0 Å². The van der Waals surface area contributed by atoms with E-state index in [0.717, 1.165) is 31.9 Å². The van der Waals surface area contributed by atoms with Crippen molar-refractivity contribution < 1.29 is 13.2 Å². The quantitative estimate of drug-likeness (QED) is 0.325. The Morgan fingerprint density at radius 2 is 1.53 bits per heavy atom. The molecular formula is C25H24F3N7S. The van der Waals surface area contributed by atoms with Crippen molar-refractivity contribution in [3.8, 4) is 11.1 Å². The predicted octanol–water partition coefficient (Wildman–Crippen LogP) is 5.20. The molecule has 0 atom stereocenters. The van der Waals surface area contributed by atoms with E-state index in [9.17, 15) is 13.2 Å². The SMILES string of the molecule is CN1CCN(c2ccc(NC(=S)Nc3ccc(-c4ccnc5[nH]nc(C(F)(F)F)c45)cc3)cc2)CC1. The highest BCUT2D eigenvalue weighted by Gasteiger charge is 2.37. The number of benzene rings is 2. The number of pyridine rings is 1. The lowest BCUT2D eigenvalue weighted by molar-refractivity contribution is -0.139. The van der Waals surface area contributed by atoms with Crippen molar-refractivity contribution in [3.63, 3.8) is 0 Å². The standard InChI is InChI=1S/C25H24F3N7S/c1-34-12-14-35(15-13-34)19-8-6-18(7-9-19)31-24(36)30-17-4-2-16(3-5-17)20-10-11-29-23-21(20)22(32-33-23)25(26,27)28/h2-11H,12-15H2,1H3,(H,29,32,33)(H2,30,31,36). The highest BCUT2D eigenvalue weighted by molar-refractivity contribution is 7.80. The molecule has 1 fully saturated rings. The molecule has 1 aliphatic rings. The zero-order chi connectivity index (χ0) is 25.3. The fraction of sp³-hybridized carbons (Fsp3) is 0.240. The first kappa shape index (κ1) is 24.0. The van der Waals surface area contributed by atoms with E-state index >= 15 is 0 Å². The molecule has 0 spiro atoms. The molecule has 36 heavy (non-hydrogen) atoms.